The maximum atomic E-state index is 6.54. The summed E-state index contributed by atoms with van der Waals surface area (Å²) in [5, 5.41) is 12.1. The van der Waals surface area contributed by atoms with Crippen LogP contribution in [-0.4, -0.2) is 66.6 Å². The zero-order valence-corrected chi connectivity index (χ0v) is 19.7. The number of rotatable bonds is 9. The summed E-state index contributed by atoms with van der Waals surface area (Å²) in [7, 11) is 0. The van der Waals surface area contributed by atoms with Crippen molar-refractivity contribution < 1.29 is 4.74 Å². The van der Waals surface area contributed by atoms with Crippen molar-refractivity contribution in [3.05, 3.63) is 52.3 Å². The molecule has 0 saturated carbocycles. The van der Waals surface area contributed by atoms with Crippen LogP contribution in [0, 0.1) is 13.8 Å². The van der Waals surface area contributed by atoms with Gasteiger partial charge >= 0.3 is 0 Å². The van der Waals surface area contributed by atoms with Crippen molar-refractivity contribution in [1.29, 1.82) is 0 Å². The highest BCUT2D eigenvalue weighted by atomic mass is 35.5. The Morgan fingerprint density at radius 2 is 2.00 bits per heavy atom. The predicted molar refractivity (Wildman–Crippen MR) is 127 cm³/mol. The van der Waals surface area contributed by atoms with Crippen LogP contribution in [0.25, 0.3) is 0 Å². The lowest BCUT2D eigenvalue weighted by Gasteiger charge is -2.34. The van der Waals surface area contributed by atoms with Gasteiger partial charge in [-0.1, -0.05) is 29.8 Å². The monoisotopic (exact) mass is 446 g/mol. The molecule has 8 heteroatoms. The first-order valence-electron chi connectivity index (χ1n) is 11.2. The lowest BCUT2D eigenvalue weighted by Crippen LogP contribution is -2.42. The van der Waals surface area contributed by atoms with E-state index in [1.807, 2.05) is 25.1 Å². The number of nitrogens with zero attached hydrogens (tertiary/aromatic N) is 4. The molecule has 2 aromatic rings. The van der Waals surface area contributed by atoms with Gasteiger partial charge in [0.2, 0.25) is 0 Å². The molecule has 0 amide bonds. The SMILES string of the molecule is CCNC(=NCC(c1ccccc1Cl)N1CCOCC1)NCCCn1nc(C)cc1C. The molecule has 0 radical (unpaired) electrons. The summed E-state index contributed by atoms with van der Waals surface area (Å²) in [4.78, 5) is 7.32. The minimum Gasteiger partial charge on any atom is -0.379 e. The Labute approximate surface area is 190 Å². The first-order chi connectivity index (χ1) is 15.1. The van der Waals surface area contributed by atoms with Gasteiger partial charge in [-0.15, -0.1) is 0 Å². The predicted octanol–water partition coefficient (Wildman–Crippen LogP) is 3.17. The zero-order chi connectivity index (χ0) is 22.1. The third-order valence-corrected chi connectivity index (χ3v) is 5.80. The number of nitrogens with one attached hydrogen (secondary N) is 2. The summed E-state index contributed by atoms with van der Waals surface area (Å²) in [6.45, 7) is 12.6. The van der Waals surface area contributed by atoms with Crippen LogP contribution in [-0.2, 0) is 11.3 Å². The molecular weight excluding hydrogens is 412 g/mol. The first-order valence-corrected chi connectivity index (χ1v) is 11.6. The Kier molecular flexibility index (Phi) is 9.18. The maximum absolute atomic E-state index is 6.54. The van der Waals surface area contributed by atoms with Crippen molar-refractivity contribution in [2.75, 3.05) is 45.9 Å². The van der Waals surface area contributed by atoms with E-state index in [1.54, 1.807) is 0 Å². The van der Waals surface area contributed by atoms with Crippen molar-refractivity contribution in [2.24, 2.45) is 4.99 Å². The molecule has 1 atom stereocenters. The average Bonchev–Trinajstić information content (AvgIpc) is 3.10. The molecule has 1 saturated heterocycles. The average molecular weight is 447 g/mol. The van der Waals surface area contributed by atoms with Crippen molar-refractivity contribution >= 4 is 17.6 Å². The second-order valence-electron chi connectivity index (χ2n) is 7.84. The van der Waals surface area contributed by atoms with Gasteiger partial charge in [0.25, 0.3) is 0 Å². The van der Waals surface area contributed by atoms with Crippen LogP contribution in [0.1, 0.15) is 36.3 Å². The fourth-order valence-electron chi connectivity index (χ4n) is 3.90. The van der Waals surface area contributed by atoms with Gasteiger partial charge in [-0.05, 0) is 44.9 Å². The fraction of sp³-hybridized carbons (Fsp3) is 0.565. The minimum atomic E-state index is 0.128. The molecule has 1 fully saturated rings. The van der Waals surface area contributed by atoms with Gasteiger partial charge < -0.3 is 15.4 Å². The molecule has 31 heavy (non-hydrogen) atoms. The standard InChI is InChI=1S/C23H35ClN6O/c1-4-25-23(26-10-7-11-30-19(3)16-18(2)28-30)27-17-22(29-12-14-31-15-13-29)20-8-5-6-9-21(20)24/h5-6,8-9,16,22H,4,7,10-15,17H2,1-3H3,(H2,25,26,27). The van der Waals surface area contributed by atoms with Crippen molar-refractivity contribution in [2.45, 2.75) is 39.8 Å². The molecule has 0 spiro atoms. The van der Waals surface area contributed by atoms with E-state index in [-0.39, 0.29) is 6.04 Å². The fourth-order valence-corrected chi connectivity index (χ4v) is 4.16. The maximum Gasteiger partial charge on any atom is 0.191 e. The van der Waals surface area contributed by atoms with Crippen LogP contribution in [0.15, 0.2) is 35.3 Å². The molecular formula is C23H35ClN6O. The molecule has 0 bridgehead atoms. The van der Waals surface area contributed by atoms with Crippen molar-refractivity contribution in [3.8, 4) is 0 Å². The van der Waals surface area contributed by atoms with Crippen molar-refractivity contribution in [1.82, 2.24) is 25.3 Å². The van der Waals surface area contributed by atoms with Gasteiger partial charge in [0.1, 0.15) is 0 Å². The number of morpholine rings is 1. The summed E-state index contributed by atoms with van der Waals surface area (Å²) in [6, 6.07) is 10.3. The Morgan fingerprint density at radius 3 is 2.68 bits per heavy atom. The summed E-state index contributed by atoms with van der Waals surface area (Å²) in [5.74, 6) is 0.834. The van der Waals surface area contributed by atoms with Crippen LogP contribution >= 0.6 is 11.6 Å². The minimum absolute atomic E-state index is 0.128. The molecule has 1 unspecified atom stereocenters. The van der Waals surface area contributed by atoms with Gasteiger partial charge in [-0.25, -0.2) is 0 Å². The van der Waals surface area contributed by atoms with E-state index in [1.165, 1.54) is 5.69 Å². The third-order valence-electron chi connectivity index (χ3n) is 5.46. The molecule has 170 valence electrons. The zero-order valence-electron chi connectivity index (χ0n) is 18.9. The number of hydrogen-bond donors (Lipinski definition) is 2. The molecule has 7 nitrogen and oxygen atoms in total. The summed E-state index contributed by atoms with van der Waals surface area (Å²) < 4.78 is 7.61. The third kappa shape index (κ3) is 6.95. The molecule has 0 aliphatic carbocycles. The number of benzene rings is 1. The quantitative estimate of drug-likeness (QED) is 0.352. The number of aliphatic imine (C=N–C) groups is 1. The normalized spacial score (nSPS) is 16.3. The van der Waals surface area contributed by atoms with Gasteiger partial charge in [0.15, 0.2) is 5.96 Å². The molecule has 1 aromatic carbocycles. The highest BCUT2D eigenvalue weighted by Crippen LogP contribution is 2.28. The number of aryl methyl sites for hydroxylation is 3. The summed E-state index contributed by atoms with van der Waals surface area (Å²) >= 11 is 6.54. The number of halogens is 1. The Hall–Kier alpha value is -2.09. The molecule has 3 rings (SSSR count). The first kappa shape index (κ1) is 23.6. The Balaban J connectivity index is 1.62. The van der Waals surface area contributed by atoms with Crippen molar-refractivity contribution in [3.63, 3.8) is 0 Å². The van der Waals surface area contributed by atoms with Crippen LogP contribution in [0.5, 0.6) is 0 Å². The molecule has 1 aromatic heterocycles. The van der Waals surface area contributed by atoms with Gasteiger partial charge in [0, 0.05) is 43.4 Å². The van der Waals surface area contributed by atoms with E-state index in [0.717, 1.165) is 74.6 Å². The van der Waals surface area contributed by atoms with E-state index in [4.69, 9.17) is 21.3 Å². The molecule has 2 N–H and O–H groups in total. The van der Waals surface area contributed by atoms with E-state index >= 15 is 0 Å². The second kappa shape index (κ2) is 12.1. The van der Waals surface area contributed by atoms with Gasteiger partial charge in [-0.3, -0.25) is 14.6 Å². The van der Waals surface area contributed by atoms with Crippen LogP contribution in [0.2, 0.25) is 5.02 Å². The number of hydrogen-bond acceptors (Lipinski definition) is 4. The Morgan fingerprint density at radius 1 is 1.23 bits per heavy atom. The largest absolute Gasteiger partial charge is 0.379 e. The topological polar surface area (TPSA) is 66.7 Å². The van der Waals surface area contributed by atoms with Crippen LogP contribution < -0.4 is 10.6 Å². The number of ether oxygens (including phenoxy) is 1. The van der Waals surface area contributed by atoms with Gasteiger partial charge in [-0.2, -0.15) is 5.10 Å². The van der Waals surface area contributed by atoms with Crippen LogP contribution in [0.3, 0.4) is 0 Å². The highest BCUT2D eigenvalue weighted by Gasteiger charge is 2.24. The summed E-state index contributed by atoms with van der Waals surface area (Å²) in [6.07, 6.45) is 0.976. The molecule has 1 aliphatic rings. The second-order valence-corrected chi connectivity index (χ2v) is 8.24. The smallest absolute Gasteiger partial charge is 0.191 e. The van der Waals surface area contributed by atoms with E-state index in [0.29, 0.717) is 6.54 Å². The lowest BCUT2D eigenvalue weighted by atomic mass is 10.0. The van der Waals surface area contributed by atoms with E-state index < -0.39 is 0 Å². The molecule has 1 aliphatic heterocycles. The van der Waals surface area contributed by atoms with E-state index in [9.17, 15) is 0 Å². The van der Waals surface area contributed by atoms with Crippen LogP contribution in [0.4, 0.5) is 0 Å². The molecule has 2 heterocycles. The van der Waals surface area contributed by atoms with Gasteiger partial charge in [0.05, 0.1) is 31.5 Å². The number of aromatic nitrogens is 2. The Bertz CT molecular complexity index is 846. The highest BCUT2D eigenvalue weighted by molar-refractivity contribution is 6.31. The number of guanidine groups is 1. The lowest BCUT2D eigenvalue weighted by molar-refractivity contribution is 0.0180. The van der Waals surface area contributed by atoms with E-state index in [2.05, 4.69) is 51.3 Å². The summed E-state index contributed by atoms with van der Waals surface area (Å²) in [5.41, 5.74) is 3.38.